The monoisotopic (exact) mass is 436 g/mol. The van der Waals surface area contributed by atoms with Gasteiger partial charge < -0.3 is 5.32 Å². The fourth-order valence-electron chi connectivity index (χ4n) is 3.14. The van der Waals surface area contributed by atoms with E-state index in [-0.39, 0.29) is 17.4 Å². The van der Waals surface area contributed by atoms with Crippen LogP contribution < -0.4 is 5.32 Å². The van der Waals surface area contributed by atoms with Crippen LogP contribution in [-0.4, -0.2) is 38.8 Å². The van der Waals surface area contributed by atoms with Crippen molar-refractivity contribution in [3.8, 4) is 5.69 Å². The number of ketones is 1. The van der Waals surface area contributed by atoms with E-state index in [1.165, 1.54) is 29.8 Å². The van der Waals surface area contributed by atoms with Crippen LogP contribution >= 0.6 is 11.8 Å². The fraction of sp³-hybridized carbons (Fsp3) is 0.333. The van der Waals surface area contributed by atoms with Gasteiger partial charge >= 0.3 is 0 Å². The first-order valence-electron chi connectivity index (χ1n) is 10.3. The minimum atomic E-state index is -0.0403. The van der Waals surface area contributed by atoms with Crippen LogP contribution in [0.5, 0.6) is 0 Å². The molecule has 2 aromatic carbocycles. The van der Waals surface area contributed by atoms with Gasteiger partial charge in [0.25, 0.3) is 0 Å². The van der Waals surface area contributed by atoms with Gasteiger partial charge in [-0.15, -0.1) is 10.2 Å². The number of aryl methyl sites for hydroxylation is 4. The number of aromatic nitrogens is 3. The van der Waals surface area contributed by atoms with Crippen molar-refractivity contribution >= 4 is 23.5 Å². The zero-order valence-corrected chi connectivity index (χ0v) is 19.3. The quantitative estimate of drug-likeness (QED) is 0.308. The normalized spacial score (nSPS) is 10.8. The lowest BCUT2D eigenvalue weighted by Crippen LogP contribution is -2.21. The molecule has 0 aliphatic rings. The standard InChI is InChI=1S/C24H28N4O2S/c1-16-7-10-20(11-8-16)22(30)15-31-24-27-26-23(6-5-13-25-19(4)29)28(24)21-12-9-17(2)18(3)14-21/h7-12,14H,5-6,13,15H2,1-4H3,(H,25,29). The number of hydrogen-bond donors (Lipinski definition) is 1. The summed E-state index contributed by atoms with van der Waals surface area (Å²) in [5.74, 6) is 1.13. The molecule has 0 aliphatic heterocycles. The van der Waals surface area contributed by atoms with Crippen molar-refractivity contribution < 1.29 is 9.59 Å². The lowest BCUT2D eigenvalue weighted by molar-refractivity contribution is -0.118. The lowest BCUT2D eigenvalue weighted by Gasteiger charge is -2.12. The Balaban J connectivity index is 1.81. The Hall–Kier alpha value is -2.93. The Morgan fingerprint density at radius 3 is 2.42 bits per heavy atom. The van der Waals surface area contributed by atoms with Gasteiger partial charge in [0.2, 0.25) is 5.91 Å². The molecule has 0 fully saturated rings. The van der Waals surface area contributed by atoms with Gasteiger partial charge in [-0.1, -0.05) is 47.7 Å². The van der Waals surface area contributed by atoms with Gasteiger partial charge in [-0.05, 0) is 50.5 Å². The number of Topliss-reactive ketones (excluding diaryl/α,β-unsaturated/α-hetero) is 1. The summed E-state index contributed by atoms with van der Waals surface area (Å²) in [5.41, 5.74) is 5.20. The molecular weight excluding hydrogens is 408 g/mol. The highest BCUT2D eigenvalue weighted by atomic mass is 32.2. The topological polar surface area (TPSA) is 76.9 Å². The van der Waals surface area contributed by atoms with Gasteiger partial charge in [0.05, 0.1) is 5.75 Å². The van der Waals surface area contributed by atoms with E-state index >= 15 is 0 Å². The average Bonchev–Trinajstić information content (AvgIpc) is 3.14. The van der Waals surface area contributed by atoms with E-state index < -0.39 is 0 Å². The third kappa shape index (κ3) is 6.04. The van der Waals surface area contributed by atoms with Crippen molar-refractivity contribution in [1.82, 2.24) is 20.1 Å². The number of benzene rings is 2. The molecule has 0 unspecified atom stereocenters. The number of carbonyl (C=O) groups is 2. The first-order chi connectivity index (χ1) is 14.8. The number of nitrogens with zero attached hydrogens (tertiary/aromatic N) is 3. The van der Waals surface area contributed by atoms with Crippen LogP contribution in [0.3, 0.4) is 0 Å². The molecule has 162 valence electrons. The maximum absolute atomic E-state index is 12.6. The molecule has 1 heterocycles. The van der Waals surface area contributed by atoms with E-state index in [2.05, 4.69) is 47.6 Å². The third-order valence-corrected chi connectivity index (χ3v) is 6.04. The van der Waals surface area contributed by atoms with E-state index in [0.29, 0.717) is 23.7 Å². The van der Waals surface area contributed by atoms with Crippen LogP contribution in [0.25, 0.3) is 5.69 Å². The predicted molar refractivity (Wildman–Crippen MR) is 124 cm³/mol. The van der Waals surface area contributed by atoms with Crippen molar-refractivity contribution in [3.63, 3.8) is 0 Å². The molecule has 0 saturated carbocycles. The Morgan fingerprint density at radius 1 is 1.00 bits per heavy atom. The molecule has 0 atom stereocenters. The van der Waals surface area contributed by atoms with E-state index in [4.69, 9.17) is 0 Å². The number of amides is 1. The molecule has 3 aromatic rings. The van der Waals surface area contributed by atoms with Gasteiger partial charge in [-0.3, -0.25) is 14.2 Å². The van der Waals surface area contributed by atoms with E-state index in [1.807, 2.05) is 35.8 Å². The molecule has 1 aromatic heterocycles. The van der Waals surface area contributed by atoms with Gasteiger partial charge in [0, 0.05) is 31.1 Å². The summed E-state index contributed by atoms with van der Waals surface area (Å²) in [4.78, 5) is 23.8. The maximum atomic E-state index is 12.6. The molecule has 1 amide bonds. The van der Waals surface area contributed by atoms with E-state index in [9.17, 15) is 9.59 Å². The number of thioether (sulfide) groups is 1. The first-order valence-corrected chi connectivity index (χ1v) is 11.3. The minimum Gasteiger partial charge on any atom is -0.356 e. The van der Waals surface area contributed by atoms with Gasteiger partial charge in [0.15, 0.2) is 10.9 Å². The smallest absolute Gasteiger partial charge is 0.216 e. The largest absolute Gasteiger partial charge is 0.356 e. The molecule has 7 heteroatoms. The fourth-order valence-corrected chi connectivity index (χ4v) is 4.01. The van der Waals surface area contributed by atoms with Crippen LogP contribution in [-0.2, 0) is 11.2 Å². The Labute approximate surface area is 187 Å². The average molecular weight is 437 g/mol. The summed E-state index contributed by atoms with van der Waals surface area (Å²) in [6.07, 6.45) is 1.43. The number of nitrogens with one attached hydrogen (secondary N) is 1. The zero-order valence-electron chi connectivity index (χ0n) is 18.4. The van der Waals surface area contributed by atoms with E-state index in [0.717, 1.165) is 23.5 Å². The molecule has 0 saturated heterocycles. The summed E-state index contributed by atoms with van der Waals surface area (Å²) in [5, 5.41) is 12.3. The third-order valence-electron chi connectivity index (χ3n) is 5.11. The second kappa shape index (κ2) is 10.4. The molecule has 1 N–H and O–H groups in total. The highest BCUT2D eigenvalue weighted by Crippen LogP contribution is 2.25. The van der Waals surface area contributed by atoms with Crippen molar-refractivity contribution in [2.45, 2.75) is 45.7 Å². The number of hydrogen-bond acceptors (Lipinski definition) is 5. The summed E-state index contributed by atoms with van der Waals surface area (Å²) in [6, 6.07) is 13.9. The van der Waals surface area contributed by atoms with E-state index in [1.54, 1.807) is 0 Å². The Morgan fingerprint density at radius 2 is 1.74 bits per heavy atom. The van der Waals surface area contributed by atoms with Crippen molar-refractivity contribution in [2.24, 2.45) is 0 Å². The Bertz CT molecular complexity index is 1070. The number of carbonyl (C=O) groups excluding carboxylic acids is 2. The maximum Gasteiger partial charge on any atom is 0.216 e. The molecule has 0 aliphatic carbocycles. The summed E-state index contributed by atoms with van der Waals surface area (Å²) >= 11 is 1.39. The van der Waals surface area contributed by atoms with Crippen LogP contribution in [0.4, 0.5) is 0 Å². The predicted octanol–water partition coefficient (Wildman–Crippen LogP) is 4.24. The highest BCUT2D eigenvalue weighted by Gasteiger charge is 2.17. The molecule has 3 rings (SSSR count). The van der Waals surface area contributed by atoms with Crippen LogP contribution in [0, 0.1) is 20.8 Å². The summed E-state index contributed by atoms with van der Waals surface area (Å²) in [7, 11) is 0. The second-order valence-corrected chi connectivity index (χ2v) is 8.61. The first kappa shape index (κ1) is 22.7. The molecule has 31 heavy (non-hydrogen) atoms. The van der Waals surface area contributed by atoms with Crippen LogP contribution in [0.2, 0.25) is 0 Å². The highest BCUT2D eigenvalue weighted by molar-refractivity contribution is 7.99. The van der Waals surface area contributed by atoms with Crippen LogP contribution in [0.15, 0.2) is 47.6 Å². The zero-order chi connectivity index (χ0) is 22.4. The van der Waals surface area contributed by atoms with Crippen LogP contribution in [0.1, 0.15) is 46.2 Å². The number of rotatable bonds is 9. The lowest BCUT2D eigenvalue weighted by atomic mass is 10.1. The summed E-state index contributed by atoms with van der Waals surface area (Å²) < 4.78 is 2.02. The van der Waals surface area contributed by atoms with Crippen molar-refractivity contribution in [1.29, 1.82) is 0 Å². The van der Waals surface area contributed by atoms with Crippen molar-refractivity contribution in [2.75, 3.05) is 12.3 Å². The molecular formula is C24H28N4O2S. The summed E-state index contributed by atoms with van der Waals surface area (Å²) in [6.45, 7) is 8.26. The second-order valence-electron chi connectivity index (χ2n) is 7.67. The molecule has 6 nitrogen and oxygen atoms in total. The molecule has 0 spiro atoms. The van der Waals surface area contributed by atoms with Gasteiger partial charge in [0.1, 0.15) is 5.82 Å². The molecule has 0 radical (unpaired) electrons. The van der Waals surface area contributed by atoms with Gasteiger partial charge in [-0.25, -0.2) is 0 Å². The Kier molecular flexibility index (Phi) is 7.63. The molecule has 0 bridgehead atoms. The van der Waals surface area contributed by atoms with Gasteiger partial charge in [-0.2, -0.15) is 0 Å². The van der Waals surface area contributed by atoms with Crippen molar-refractivity contribution in [3.05, 3.63) is 70.5 Å². The minimum absolute atomic E-state index is 0.0403. The SMILES string of the molecule is CC(=O)NCCCc1nnc(SCC(=O)c2ccc(C)cc2)n1-c1ccc(C)c(C)c1.